The standard InChI is InChI=1S/C21H25N5O5S/c1-2-3-8-22-17(27)13-5-4-9-26(11-13)21(29)20-25-24-19(32-20)18(28)23-14-6-7-15-16(10-14)31-12-30-15/h6-7,10,13H,2-5,8-9,11-12H2,1H3,(H,22,27)(H,23,28). The predicted molar refractivity (Wildman–Crippen MR) is 117 cm³/mol. The molecule has 0 spiro atoms. The number of fused-ring (bicyclic) bond motifs is 1. The maximum Gasteiger partial charge on any atom is 0.286 e. The fourth-order valence-electron chi connectivity index (χ4n) is 3.60. The number of nitrogens with zero attached hydrogens (tertiary/aromatic N) is 3. The van der Waals surface area contributed by atoms with Crippen LogP contribution >= 0.6 is 11.3 Å². The molecule has 1 aromatic heterocycles. The highest BCUT2D eigenvalue weighted by Crippen LogP contribution is 2.34. The highest BCUT2D eigenvalue weighted by molar-refractivity contribution is 7.15. The highest BCUT2D eigenvalue weighted by atomic mass is 32.1. The van der Waals surface area contributed by atoms with Crippen LogP contribution in [-0.4, -0.2) is 59.2 Å². The lowest BCUT2D eigenvalue weighted by atomic mass is 9.97. The van der Waals surface area contributed by atoms with Crippen molar-refractivity contribution in [3.8, 4) is 11.5 Å². The van der Waals surface area contributed by atoms with Crippen LogP contribution in [0.1, 0.15) is 52.2 Å². The second-order valence-corrected chi connectivity index (χ2v) is 8.65. The molecule has 10 nitrogen and oxygen atoms in total. The molecule has 3 heterocycles. The summed E-state index contributed by atoms with van der Waals surface area (Å²) in [6.07, 6.45) is 3.44. The molecule has 3 amide bonds. The average molecular weight is 460 g/mol. The van der Waals surface area contributed by atoms with Crippen molar-refractivity contribution >= 4 is 34.7 Å². The Balaban J connectivity index is 1.35. The van der Waals surface area contributed by atoms with E-state index in [0.29, 0.717) is 36.8 Å². The van der Waals surface area contributed by atoms with Crippen LogP contribution in [0.15, 0.2) is 18.2 Å². The van der Waals surface area contributed by atoms with Crippen molar-refractivity contribution in [3.05, 3.63) is 28.2 Å². The minimum Gasteiger partial charge on any atom is -0.454 e. The van der Waals surface area contributed by atoms with Crippen LogP contribution in [0.2, 0.25) is 0 Å². The molecule has 0 radical (unpaired) electrons. The number of carbonyl (C=O) groups is 3. The van der Waals surface area contributed by atoms with E-state index < -0.39 is 5.91 Å². The molecule has 1 atom stereocenters. The van der Waals surface area contributed by atoms with Crippen molar-refractivity contribution in [2.24, 2.45) is 5.92 Å². The Labute approximate surface area is 189 Å². The van der Waals surface area contributed by atoms with Gasteiger partial charge < -0.3 is 25.0 Å². The summed E-state index contributed by atoms with van der Waals surface area (Å²) in [5, 5.41) is 13.7. The minimum absolute atomic E-state index is 0.0167. The summed E-state index contributed by atoms with van der Waals surface area (Å²) in [6, 6.07) is 5.06. The highest BCUT2D eigenvalue weighted by Gasteiger charge is 2.30. The lowest BCUT2D eigenvalue weighted by Crippen LogP contribution is -2.45. The van der Waals surface area contributed by atoms with Crippen molar-refractivity contribution in [1.29, 1.82) is 0 Å². The maximum atomic E-state index is 12.9. The summed E-state index contributed by atoms with van der Waals surface area (Å²) in [7, 11) is 0. The molecule has 0 saturated carbocycles. The van der Waals surface area contributed by atoms with E-state index in [2.05, 4.69) is 27.8 Å². The largest absolute Gasteiger partial charge is 0.454 e. The molecule has 0 aliphatic carbocycles. The molecule has 1 aromatic carbocycles. The number of hydrogen-bond acceptors (Lipinski definition) is 8. The molecule has 1 fully saturated rings. The molecule has 32 heavy (non-hydrogen) atoms. The van der Waals surface area contributed by atoms with Crippen LogP contribution < -0.4 is 20.1 Å². The van der Waals surface area contributed by atoms with E-state index in [1.165, 1.54) is 0 Å². The number of carbonyl (C=O) groups excluding carboxylic acids is 3. The fraction of sp³-hybridized carbons (Fsp3) is 0.476. The zero-order valence-electron chi connectivity index (χ0n) is 17.8. The lowest BCUT2D eigenvalue weighted by Gasteiger charge is -2.31. The molecular formula is C21H25N5O5S. The summed E-state index contributed by atoms with van der Waals surface area (Å²) in [5.74, 6) is 0.145. The normalized spacial score (nSPS) is 17.2. The molecule has 1 saturated heterocycles. The van der Waals surface area contributed by atoms with E-state index in [4.69, 9.17) is 9.47 Å². The molecule has 1 unspecified atom stereocenters. The van der Waals surface area contributed by atoms with Gasteiger partial charge in [-0.15, -0.1) is 10.2 Å². The summed E-state index contributed by atoms with van der Waals surface area (Å²) < 4.78 is 10.6. The Bertz CT molecular complexity index is 1010. The first-order chi connectivity index (χ1) is 15.5. The fourth-order valence-corrected chi connectivity index (χ4v) is 4.31. The van der Waals surface area contributed by atoms with Gasteiger partial charge in [-0.3, -0.25) is 14.4 Å². The van der Waals surface area contributed by atoms with Crippen molar-refractivity contribution in [2.45, 2.75) is 32.6 Å². The summed E-state index contributed by atoms with van der Waals surface area (Å²) >= 11 is 0.932. The number of hydrogen-bond donors (Lipinski definition) is 2. The Morgan fingerprint density at radius 2 is 2.00 bits per heavy atom. The number of unbranched alkanes of at least 4 members (excludes halogenated alkanes) is 1. The first kappa shape index (κ1) is 22.0. The number of likely N-dealkylation sites (tertiary alicyclic amines) is 1. The van der Waals surface area contributed by atoms with Gasteiger partial charge in [0.15, 0.2) is 11.5 Å². The third-order valence-corrected chi connectivity index (χ3v) is 6.25. The van der Waals surface area contributed by atoms with Gasteiger partial charge in [0.25, 0.3) is 11.8 Å². The monoisotopic (exact) mass is 459 g/mol. The van der Waals surface area contributed by atoms with E-state index >= 15 is 0 Å². The third kappa shape index (κ3) is 4.98. The van der Waals surface area contributed by atoms with E-state index in [1.54, 1.807) is 23.1 Å². The van der Waals surface area contributed by atoms with Crippen LogP contribution in [0.5, 0.6) is 11.5 Å². The van der Waals surface area contributed by atoms with Crippen LogP contribution in [0.3, 0.4) is 0 Å². The van der Waals surface area contributed by atoms with Gasteiger partial charge in [-0.05, 0) is 31.4 Å². The van der Waals surface area contributed by atoms with E-state index in [0.717, 1.165) is 37.0 Å². The van der Waals surface area contributed by atoms with Gasteiger partial charge in [0.05, 0.1) is 5.92 Å². The maximum absolute atomic E-state index is 12.9. The topological polar surface area (TPSA) is 123 Å². The Hall–Kier alpha value is -3.21. The van der Waals surface area contributed by atoms with Crippen molar-refractivity contribution in [2.75, 3.05) is 31.7 Å². The molecule has 0 bridgehead atoms. The van der Waals surface area contributed by atoms with Crippen molar-refractivity contribution in [1.82, 2.24) is 20.4 Å². The smallest absolute Gasteiger partial charge is 0.286 e. The number of piperidine rings is 1. The molecule has 2 N–H and O–H groups in total. The zero-order valence-corrected chi connectivity index (χ0v) is 18.6. The van der Waals surface area contributed by atoms with Crippen LogP contribution in [0.25, 0.3) is 0 Å². The summed E-state index contributed by atoms with van der Waals surface area (Å²) in [4.78, 5) is 39.4. The van der Waals surface area contributed by atoms with Crippen LogP contribution in [0, 0.1) is 5.92 Å². The molecule has 170 valence electrons. The first-order valence-electron chi connectivity index (χ1n) is 10.7. The Kier molecular flexibility index (Phi) is 6.84. The quantitative estimate of drug-likeness (QED) is 0.609. The zero-order chi connectivity index (χ0) is 22.5. The third-order valence-electron chi connectivity index (χ3n) is 5.34. The minimum atomic E-state index is -0.466. The van der Waals surface area contributed by atoms with E-state index in [9.17, 15) is 14.4 Å². The number of rotatable bonds is 7. The van der Waals surface area contributed by atoms with Gasteiger partial charge >= 0.3 is 0 Å². The molecule has 2 aliphatic rings. The Morgan fingerprint density at radius 3 is 2.84 bits per heavy atom. The number of anilines is 1. The molecule has 4 rings (SSSR count). The van der Waals surface area contributed by atoms with E-state index in [1.807, 2.05) is 0 Å². The lowest BCUT2D eigenvalue weighted by molar-refractivity contribution is -0.126. The number of ether oxygens (including phenoxy) is 2. The second-order valence-electron chi connectivity index (χ2n) is 7.67. The molecule has 2 aliphatic heterocycles. The summed E-state index contributed by atoms with van der Waals surface area (Å²) in [5.41, 5.74) is 0.523. The number of benzene rings is 1. The van der Waals surface area contributed by atoms with Gasteiger partial charge in [-0.2, -0.15) is 0 Å². The SMILES string of the molecule is CCCCNC(=O)C1CCCN(C(=O)c2nnc(C(=O)Nc3ccc4c(c3)OCO4)s2)C1. The predicted octanol–water partition coefficient (Wildman–Crippen LogP) is 2.29. The van der Waals surface area contributed by atoms with Crippen LogP contribution in [-0.2, 0) is 4.79 Å². The van der Waals surface area contributed by atoms with Gasteiger partial charge in [-0.25, -0.2) is 0 Å². The molecule has 2 aromatic rings. The van der Waals surface area contributed by atoms with Crippen LogP contribution in [0.4, 0.5) is 5.69 Å². The van der Waals surface area contributed by atoms with Gasteiger partial charge in [0.1, 0.15) is 0 Å². The van der Waals surface area contributed by atoms with Gasteiger partial charge in [0.2, 0.25) is 22.7 Å². The Morgan fingerprint density at radius 1 is 1.19 bits per heavy atom. The number of amides is 3. The molecular weight excluding hydrogens is 434 g/mol. The van der Waals surface area contributed by atoms with Gasteiger partial charge in [0, 0.05) is 31.4 Å². The summed E-state index contributed by atoms with van der Waals surface area (Å²) in [6.45, 7) is 3.76. The number of aromatic nitrogens is 2. The van der Waals surface area contributed by atoms with E-state index in [-0.39, 0.29) is 34.5 Å². The average Bonchev–Trinajstić information content (AvgIpc) is 3.48. The van der Waals surface area contributed by atoms with Gasteiger partial charge in [-0.1, -0.05) is 24.7 Å². The molecule has 11 heteroatoms. The van der Waals surface area contributed by atoms with Crippen molar-refractivity contribution in [3.63, 3.8) is 0 Å². The second kappa shape index (κ2) is 9.94. The van der Waals surface area contributed by atoms with Crippen molar-refractivity contribution < 1.29 is 23.9 Å². The first-order valence-corrected chi connectivity index (χ1v) is 11.5. The number of nitrogens with one attached hydrogen (secondary N) is 2.